The predicted octanol–water partition coefficient (Wildman–Crippen LogP) is 3.73. The molecule has 0 N–H and O–H groups in total. The molecule has 0 atom stereocenters. The van der Waals surface area contributed by atoms with Gasteiger partial charge in [-0.05, 0) is 43.2 Å². The van der Waals surface area contributed by atoms with Gasteiger partial charge >= 0.3 is 0 Å². The Labute approximate surface area is 154 Å². The Morgan fingerprint density at radius 3 is 2.52 bits per heavy atom. The van der Waals surface area contributed by atoms with E-state index in [1.165, 1.54) is 43.1 Å². The number of nitrogens with zero attached hydrogens (tertiary/aromatic N) is 2. The minimum atomic E-state index is -0.161. The Kier molecular flexibility index (Phi) is 5.52. The molecule has 1 aliphatic heterocycles. The molecule has 2 amide bonds. The van der Waals surface area contributed by atoms with Crippen molar-refractivity contribution in [2.24, 2.45) is 0 Å². The highest BCUT2D eigenvalue weighted by atomic mass is 32.2. The van der Waals surface area contributed by atoms with Crippen molar-refractivity contribution in [3.63, 3.8) is 0 Å². The third-order valence-corrected chi connectivity index (χ3v) is 6.84. The maximum Gasteiger partial charge on any atom is 0.253 e. The summed E-state index contributed by atoms with van der Waals surface area (Å²) in [6.45, 7) is 5.19. The van der Waals surface area contributed by atoms with Gasteiger partial charge in [-0.1, -0.05) is 25.8 Å². The van der Waals surface area contributed by atoms with E-state index in [1.807, 2.05) is 29.2 Å². The first-order chi connectivity index (χ1) is 12.0. The van der Waals surface area contributed by atoms with Crippen molar-refractivity contribution in [2.45, 2.75) is 36.9 Å². The summed E-state index contributed by atoms with van der Waals surface area (Å²) < 4.78 is 0.280. The molecule has 1 saturated carbocycles. The number of thioether (sulfide) groups is 1. The highest BCUT2D eigenvalue weighted by Gasteiger charge is 2.38. The van der Waals surface area contributed by atoms with E-state index in [0.29, 0.717) is 5.56 Å². The van der Waals surface area contributed by atoms with Crippen LogP contribution in [0.2, 0.25) is 0 Å². The second kappa shape index (κ2) is 7.65. The number of rotatable bonds is 3. The number of likely N-dealkylation sites (N-methyl/N-ethyl adjacent to an activating group) is 1. The molecule has 0 radical (unpaired) electrons. The Morgan fingerprint density at radius 1 is 1.20 bits per heavy atom. The Bertz CT molecular complexity index is 645. The molecule has 4 nitrogen and oxygen atoms in total. The lowest BCUT2D eigenvalue weighted by Crippen LogP contribution is -2.49. The van der Waals surface area contributed by atoms with Crippen molar-refractivity contribution in [3.05, 3.63) is 42.5 Å². The lowest BCUT2D eigenvalue weighted by molar-refractivity contribution is -0.113. The number of amides is 2. The fraction of sp³-hybridized carbons (Fsp3) is 0.500. The van der Waals surface area contributed by atoms with Gasteiger partial charge in [0.1, 0.15) is 0 Å². The molecular formula is C20H26N2O2S. The summed E-state index contributed by atoms with van der Waals surface area (Å²) >= 11 is 2.07. The minimum Gasteiger partial charge on any atom is -0.336 e. The second-order valence-electron chi connectivity index (χ2n) is 6.97. The van der Waals surface area contributed by atoms with Crippen LogP contribution in [-0.4, -0.2) is 47.4 Å². The third-order valence-electron chi connectivity index (χ3n) is 5.31. The zero-order valence-corrected chi connectivity index (χ0v) is 15.7. The van der Waals surface area contributed by atoms with Crippen molar-refractivity contribution in [1.29, 1.82) is 0 Å². The molecule has 2 aliphatic rings. The molecular weight excluding hydrogens is 332 g/mol. The van der Waals surface area contributed by atoms with Gasteiger partial charge in [0.25, 0.3) is 5.91 Å². The van der Waals surface area contributed by atoms with Gasteiger partial charge in [0.05, 0.1) is 0 Å². The summed E-state index contributed by atoms with van der Waals surface area (Å²) in [5.41, 5.74) is 1.46. The van der Waals surface area contributed by atoms with Crippen LogP contribution < -0.4 is 4.90 Å². The molecule has 1 heterocycles. The van der Waals surface area contributed by atoms with E-state index in [-0.39, 0.29) is 16.6 Å². The molecule has 2 fully saturated rings. The smallest absolute Gasteiger partial charge is 0.253 e. The number of hydrogen-bond acceptors (Lipinski definition) is 3. The maximum atomic E-state index is 12.9. The van der Waals surface area contributed by atoms with Gasteiger partial charge < -0.3 is 9.80 Å². The first-order valence-corrected chi connectivity index (χ1v) is 9.97. The average molecular weight is 359 g/mol. The van der Waals surface area contributed by atoms with Crippen LogP contribution >= 0.6 is 11.8 Å². The van der Waals surface area contributed by atoms with Gasteiger partial charge in [0, 0.05) is 41.9 Å². The number of benzene rings is 1. The number of carbonyl (C=O) groups is 2. The van der Waals surface area contributed by atoms with E-state index in [4.69, 9.17) is 0 Å². The van der Waals surface area contributed by atoms with Crippen LogP contribution in [0.1, 0.15) is 42.5 Å². The van der Waals surface area contributed by atoms with Gasteiger partial charge in [-0.15, -0.1) is 0 Å². The van der Waals surface area contributed by atoms with Gasteiger partial charge in [-0.3, -0.25) is 9.59 Å². The van der Waals surface area contributed by atoms with E-state index < -0.39 is 0 Å². The summed E-state index contributed by atoms with van der Waals surface area (Å²) in [5.74, 6) is 0.973. The molecule has 1 aromatic carbocycles. The molecule has 5 heteroatoms. The largest absolute Gasteiger partial charge is 0.336 e. The number of anilines is 1. The molecule has 1 aliphatic carbocycles. The van der Waals surface area contributed by atoms with Gasteiger partial charge in [-0.2, -0.15) is 11.8 Å². The van der Waals surface area contributed by atoms with Crippen LogP contribution in [0.3, 0.4) is 0 Å². The lowest BCUT2D eigenvalue weighted by Gasteiger charge is -2.44. The van der Waals surface area contributed by atoms with Crippen molar-refractivity contribution in [3.8, 4) is 0 Å². The van der Waals surface area contributed by atoms with E-state index in [1.54, 1.807) is 7.05 Å². The van der Waals surface area contributed by atoms with Crippen molar-refractivity contribution in [1.82, 2.24) is 4.90 Å². The van der Waals surface area contributed by atoms with Crippen LogP contribution in [-0.2, 0) is 4.79 Å². The van der Waals surface area contributed by atoms with E-state index >= 15 is 0 Å². The zero-order valence-electron chi connectivity index (χ0n) is 14.9. The molecule has 1 aromatic rings. The molecule has 1 spiro atoms. The normalized spacial score (nSPS) is 19.5. The first kappa shape index (κ1) is 18.1. The van der Waals surface area contributed by atoms with Gasteiger partial charge in [0.15, 0.2) is 0 Å². The van der Waals surface area contributed by atoms with Crippen molar-refractivity contribution < 1.29 is 9.59 Å². The minimum absolute atomic E-state index is 0.106. The molecule has 0 aromatic heterocycles. The van der Waals surface area contributed by atoms with Crippen LogP contribution in [0.15, 0.2) is 36.9 Å². The number of hydrogen-bond donors (Lipinski definition) is 0. The Balaban J connectivity index is 1.70. The maximum absolute atomic E-state index is 12.9. The second-order valence-corrected chi connectivity index (χ2v) is 8.53. The van der Waals surface area contributed by atoms with Crippen LogP contribution in [0.4, 0.5) is 5.69 Å². The standard InChI is InChI=1S/C20H26N2O2S/c1-3-18(23)21(2)17-9-7-16(8-10-17)19(24)22-13-14-25-20(15-22)11-5-4-6-12-20/h3,7-10H,1,4-6,11-15H2,2H3. The summed E-state index contributed by atoms with van der Waals surface area (Å²) in [5, 5.41) is 0. The van der Waals surface area contributed by atoms with Gasteiger partial charge in [0.2, 0.25) is 5.91 Å². The highest BCUT2D eigenvalue weighted by Crippen LogP contribution is 2.43. The third kappa shape index (κ3) is 3.92. The number of carbonyl (C=O) groups excluding carboxylic acids is 2. The monoisotopic (exact) mass is 358 g/mol. The average Bonchev–Trinajstić information content (AvgIpc) is 2.67. The SMILES string of the molecule is C=CC(=O)N(C)c1ccc(C(=O)N2CCSC3(CCCCC3)C2)cc1. The molecule has 25 heavy (non-hydrogen) atoms. The van der Waals surface area contributed by atoms with E-state index in [2.05, 4.69) is 18.3 Å². The van der Waals surface area contributed by atoms with Crippen LogP contribution in [0.5, 0.6) is 0 Å². The predicted molar refractivity (Wildman–Crippen MR) is 104 cm³/mol. The highest BCUT2D eigenvalue weighted by molar-refractivity contribution is 8.00. The van der Waals surface area contributed by atoms with Crippen molar-refractivity contribution in [2.75, 3.05) is 30.8 Å². The summed E-state index contributed by atoms with van der Waals surface area (Å²) in [6.07, 6.45) is 7.65. The van der Waals surface area contributed by atoms with E-state index in [0.717, 1.165) is 24.5 Å². The van der Waals surface area contributed by atoms with Crippen LogP contribution in [0, 0.1) is 0 Å². The summed E-state index contributed by atoms with van der Waals surface area (Å²) in [7, 11) is 1.70. The first-order valence-electron chi connectivity index (χ1n) is 8.98. The molecule has 3 rings (SSSR count). The molecule has 0 unspecified atom stereocenters. The van der Waals surface area contributed by atoms with Crippen LogP contribution in [0.25, 0.3) is 0 Å². The molecule has 134 valence electrons. The quantitative estimate of drug-likeness (QED) is 0.773. The fourth-order valence-corrected chi connectivity index (χ4v) is 5.36. The fourth-order valence-electron chi connectivity index (χ4n) is 3.79. The van der Waals surface area contributed by atoms with Gasteiger partial charge in [-0.25, -0.2) is 0 Å². The van der Waals surface area contributed by atoms with Crippen molar-refractivity contribution >= 4 is 29.3 Å². The van der Waals surface area contributed by atoms with E-state index in [9.17, 15) is 9.59 Å². The summed E-state index contributed by atoms with van der Waals surface area (Å²) in [4.78, 5) is 28.1. The molecule has 0 bridgehead atoms. The Hall–Kier alpha value is -1.75. The topological polar surface area (TPSA) is 40.6 Å². The Morgan fingerprint density at radius 2 is 1.88 bits per heavy atom. The lowest BCUT2D eigenvalue weighted by atomic mass is 9.87. The summed E-state index contributed by atoms with van der Waals surface area (Å²) in [6, 6.07) is 7.28. The zero-order chi connectivity index (χ0) is 17.9. The molecule has 1 saturated heterocycles.